The molecule has 1 unspecified atom stereocenters. The molecule has 0 aliphatic carbocycles. The topological polar surface area (TPSA) is 37.4 Å². The Labute approximate surface area is 107 Å². The SMILES string of the molecule is C=CC(CC(C)C)N1C(=O)c2ccccc2C1=O. The van der Waals surface area contributed by atoms with Crippen LogP contribution in [0.3, 0.4) is 0 Å². The predicted octanol–water partition coefficient (Wildman–Crippen LogP) is 2.88. The quantitative estimate of drug-likeness (QED) is 0.602. The van der Waals surface area contributed by atoms with Crippen LogP contribution < -0.4 is 0 Å². The van der Waals surface area contributed by atoms with Crippen molar-refractivity contribution in [1.82, 2.24) is 4.90 Å². The molecule has 0 fully saturated rings. The van der Waals surface area contributed by atoms with Gasteiger partial charge in [-0.3, -0.25) is 14.5 Å². The Hall–Kier alpha value is -1.90. The van der Waals surface area contributed by atoms with E-state index in [0.717, 1.165) is 6.42 Å². The standard InChI is InChI=1S/C15H17NO2/c1-4-11(9-10(2)3)16-14(17)12-7-5-6-8-13(12)15(16)18/h4-8,10-11H,1,9H2,2-3H3. The molecule has 0 N–H and O–H groups in total. The zero-order valence-corrected chi connectivity index (χ0v) is 10.7. The second kappa shape index (κ2) is 4.77. The highest BCUT2D eigenvalue weighted by Gasteiger charge is 2.38. The van der Waals surface area contributed by atoms with E-state index in [1.165, 1.54) is 4.90 Å². The van der Waals surface area contributed by atoms with Gasteiger partial charge in [-0.25, -0.2) is 0 Å². The summed E-state index contributed by atoms with van der Waals surface area (Å²) >= 11 is 0. The molecule has 0 aromatic heterocycles. The molecule has 3 heteroatoms. The van der Waals surface area contributed by atoms with Crippen molar-refractivity contribution in [2.45, 2.75) is 26.3 Å². The molecule has 1 aromatic carbocycles. The maximum Gasteiger partial charge on any atom is 0.262 e. The van der Waals surface area contributed by atoms with Gasteiger partial charge in [-0.1, -0.05) is 32.1 Å². The van der Waals surface area contributed by atoms with Crippen LogP contribution >= 0.6 is 0 Å². The molecule has 3 nitrogen and oxygen atoms in total. The summed E-state index contributed by atoms with van der Waals surface area (Å²) in [5, 5.41) is 0. The summed E-state index contributed by atoms with van der Waals surface area (Å²) < 4.78 is 0. The highest BCUT2D eigenvalue weighted by atomic mass is 16.2. The average Bonchev–Trinajstić information content (AvgIpc) is 2.60. The number of hydrogen-bond acceptors (Lipinski definition) is 2. The number of hydrogen-bond donors (Lipinski definition) is 0. The lowest BCUT2D eigenvalue weighted by atomic mass is 10.0. The Kier molecular flexibility index (Phi) is 3.32. The van der Waals surface area contributed by atoms with Crippen LogP contribution in [-0.2, 0) is 0 Å². The summed E-state index contributed by atoms with van der Waals surface area (Å²) in [4.78, 5) is 25.8. The van der Waals surface area contributed by atoms with E-state index in [1.54, 1.807) is 30.3 Å². The van der Waals surface area contributed by atoms with Gasteiger partial charge < -0.3 is 0 Å². The Balaban J connectivity index is 2.35. The molecule has 0 radical (unpaired) electrons. The van der Waals surface area contributed by atoms with Gasteiger partial charge in [0.15, 0.2) is 0 Å². The van der Waals surface area contributed by atoms with Gasteiger partial charge in [0.25, 0.3) is 11.8 Å². The lowest BCUT2D eigenvalue weighted by Gasteiger charge is -2.24. The fourth-order valence-electron chi connectivity index (χ4n) is 2.30. The molecule has 1 aromatic rings. The first-order chi connectivity index (χ1) is 8.56. The normalized spacial score (nSPS) is 16.1. The fourth-order valence-corrected chi connectivity index (χ4v) is 2.30. The van der Waals surface area contributed by atoms with Crippen LogP contribution in [0.4, 0.5) is 0 Å². The van der Waals surface area contributed by atoms with Crippen molar-refractivity contribution < 1.29 is 9.59 Å². The summed E-state index contributed by atoms with van der Waals surface area (Å²) in [6.07, 6.45) is 2.43. The first-order valence-corrected chi connectivity index (χ1v) is 6.15. The Morgan fingerprint density at radius 1 is 1.17 bits per heavy atom. The minimum Gasteiger partial charge on any atom is -0.269 e. The minimum absolute atomic E-state index is 0.207. The van der Waals surface area contributed by atoms with Gasteiger partial charge in [-0.2, -0.15) is 0 Å². The third-order valence-corrected chi connectivity index (χ3v) is 3.14. The molecule has 0 bridgehead atoms. The van der Waals surface area contributed by atoms with E-state index in [9.17, 15) is 9.59 Å². The van der Waals surface area contributed by atoms with Crippen LogP contribution in [0, 0.1) is 5.92 Å². The highest BCUT2D eigenvalue weighted by Crippen LogP contribution is 2.26. The zero-order chi connectivity index (χ0) is 13.3. The third kappa shape index (κ3) is 1.96. The second-order valence-electron chi connectivity index (χ2n) is 4.96. The number of carbonyl (C=O) groups excluding carboxylic acids is 2. The van der Waals surface area contributed by atoms with E-state index >= 15 is 0 Å². The monoisotopic (exact) mass is 243 g/mol. The zero-order valence-electron chi connectivity index (χ0n) is 10.7. The van der Waals surface area contributed by atoms with Crippen molar-refractivity contribution >= 4 is 11.8 Å². The molecule has 1 heterocycles. The minimum atomic E-state index is -0.225. The summed E-state index contributed by atoms with van der Waals surface area (Å²) in [5.41, 5.74) is 0.996. The third-order valence-electron chi connectivity index (χ3n) is 3.14. The maximum absolute atomic E-state index is 12.2. The number of amides is 2. The van der Waals surface area contributed by atoms with Crippen molar-refractivity contribution in [3.05, 3.63) is 48.0 Å². The molecule has 2 rings (SSSR count). The summed E-state index contributed by atoms with van der Waals surface area (Å²) in [7, 11) is 0. The van der Waals surface area contributed by atoms with Gasteiger partial charge in [-0.15, -0.1) is 6.58 Å². The second-order valence-corrected chi connectivity index (χ2v) is 4.96. The van der Waals surface area contributed by atoms with Crippen molar-refractivity contribution in [3.8, 4) is 0 Å². The van der Waals surface area contributed by atoms with Gasteiger partial charge in [-0.05, 0) is 24.5 Å². The number of carbonyl (C=O) groups is 2. The van der Waals surface area contributed by atoms with Crippen molar-refractivity contribution in [2.24, 2.45) is 5.92 Å². The first kappa shape index (κ1) is 12.6. The van der Waals surface area contributed by atoms with Crippen LogP contribution in [-0.4, -0.2) is 22.8 Å². The van der Waals surface area contributed by atoms with Crippen LogP contribution in [0.15, 0.2) is 36.9 Å². The van der Waals surface area contributed by atoms with E-state index in [-0.39, 0.29) is 17.9 Å². The molecule has 0 spiro atoms. The van der Waals surface area contributed by atoms with E-state index < -0.39 is 0 Å². The van der Waals surface area contributed by atoms with Gasteiger partial charge in [0.05, 0.1) is 17.2 Å². The largest absolute Gasteiger partial charge is 0.269 e. The predicted molar refractivity (Wildman–Crippen MR) is 70.4 cm³/mol. The molecule has 1 aliphatic heterocycles. The van der Waals surface area contributed by atoms with E-state index in [2.05, 4.69) is 20.4 Å². The highest BCUT2D eigenvalue weighted by molar-refractivity contribution is 6.21. The van der Waals surface area contributed by atoms with E-state index in [0.29, 0.717) is 17.0 Å². The van der Waals surface area contributed by atoms with Crippen LogP contribution in [0.2, 0.25) is 0 Å². The van der Waals surface area contributed by atoms with Crippen LogP contribution in [0.5, 0.6) is 0 Å². The van der Waals surface area contributed by atoms with Gasteiger partial charge >= 0.3 is 0 Å². The maximum atomic E-state index is 12.2. The van der Waals surface area contributed by atoms with Crippen molar-refractivity contribution in [1.29, 1.82) is 0 Å². The van der Waals surface area contributed by atoms with Gasteiger partial charge in [0.1, 0.15) is 0 Å². The molecule has 2 amide bonds. The molecule has 1 atom stereocenters. The smallest absolute Gasteiger partial charge is 0.262 e. The summed E-state index contributed by atoms with van der Waals surface area (Å²) in [6, 6.07) is 6.73. The first-order valence-electron chi connectivity index (χ1n) is 6.15. The molecular weight excluding hydrogens is 226 g/mol. The Morgan fingerprint density at radius 2 is 1.67 bits per heavy atom. The van der Waals surface area contributed by atoms with Gasteiger partial charge in [0.2, 0.25) is 0 Å². The number of rotatable bonds is 4. The van der Waals surface area contributed by atoms with Crippen LogP contribution in [0.1, 0.15) is 41.0 Å². The molecule has 18 heavy (non-hydrogen) atoms. The Morgan fingerprint density at radius 3 is 2.06 bits per heavy atom. The molecule has 94 valence electrons. The molecule has 0 saturated carbocycles. The lowest BCUT2D eigenvalue weighted by molar-refractivity contribution is 0.0602. The summed E-state index contributed by atoms with van der Waals surface area (Å²) in [5.74, 6) is -0.0142. The number of imide groups is 1. The molecular formula is C15H17NO2. The number of fused-ring (bicyclic) bond motifs is 1. The lowest BCUT2D eigenvalue weighted by Crippen LogP contribution is -2.39. The van der Waals surface area contributed by atoms with E-state index in [1.807, 2.05) is 0 Å². The van der Waals surface area contributed by atoms with Crippen molar-refractivity contribution in [3.63, 3.8) is 0 Å². The van der Waals surface area contributed by atoms with E-state index in [4.69, 9.17) is 0 Å². The van der Waals surface area contributed by atoms with Crippen molar-refractivity contribution in [2.75, 3.05) is 0 Å². The van der Waals surface area contributed by atoms with Crippen LogP contribution in [0.25, 0.3) is 0 Å². The average molecular weight is 243 g/mol. The molecule has 1 aliphatic rings. The number of nitrogens with zero attached hydrogens (tertiary/aromatic N) is 1. The Bertz CT molecular complexity index is 470. The molecule has 0 saturated heterocycles. The fraction of sp³-hybridized carbons (Fsp3) is 0.333. The van der Waals surface area contributed by atoms with Gasteiger partial charge in [0, 0.05) is 0 Å². The summed E-state index contributed by atoms with van der Waals surface area (Å²) in [6.45, 7) is 7.87. The number of benzene rings is 1.